The molecule has 7 nitrogen and oxygen atoms in total. The maximum atomic E-state index is 12.5. The van der Waals surface area contributed by atoms with E-state index < -0.39 is 23.5 Å². The second kappa shape index (κ2) is 9.99. The largest absolute Gasteiger partial charge is 0.467 e. The van der Waals surface area contributed by atoms with E-state index in [0.29, 0.717) is 29.0 Å². The van der Waals surface area contributed by atoms with Crippen LogP contribution >= 0.6 is 0 Å². The van der Waals surface area contributed by atoms with Crippen molar-refractivity contribution in [2.45, 2.75) is 70.9 Å². The van der Waals surface area contributed by atoms with Crippen LogP contribution in [0.25, 0.3) is 0 Å². The Bertz CT molecular complexity index is 1170. The number of allylic oxidation sites excluding steroid dienone is 4. The first-order valence-electron chi connectivity index (χ1n) is 13.8. The maximum absolute atomic E-state index is 12.5. The molecule has 204 valence electrons. The van der Waals surface area contributed by atoms with E-state index in [9.17, 15) is 14.7 Å². The van der Waals surface area contributed by atoms with E-state index in [1.54, 1.807) is 24.3 Å². The second-order valence-electron chi connectivity index (χ2n) is 12.2. The molecule has 5 rings (SSSR count). The molecule has 0 radical (unpaired) electrons. The molecule has 1 amide bonds. The summed E-state index contributed by atoms with van der Waals surface area (Å²) in [7, 11) is 1.29. The summed E-state index contributed by atoms with van der Waals surface area (Å²) in [5, 5.41) is 18.0. The molecule has 7 atom stereocenters. The Balaban J connectivity index is 1.22. The molecule has 1 aromatic rings. The number of fused-ring (bicyclic) bond motifs is 5. The lowest BCUT2D eigenvalue weighted by Crippen LogP contribution is -2.53. The van der Waals surface area contributed by atoms with Gasteiger partial charge in [-0.1, -0.05) is 61.0 Å². The Kier molecular flexibility index (Phi) is 7.01. The number of nitrogens with one attached hydrogen (secondary N) is 1. The third kappa shape index (κ3) is 4.49. The van der Waals surface area contributed by atoms with Crippen molar-refractivity contribution >= 4 is 17.6 Å². The molecule has 4 unspecified atom stereocenters. The number of hydrogen-bond acceptors (Lipinski definition) is 6. The lowest BCUT2D eigenvalue weighted by atomic mass is 9.47. The minimum atomic E-state index is -0.904. The predicted molar refractivity (Wildman–Crippen MR) is 145 cm³/mol. The van der Waals surface area contributed by atoms with Crippen LogP contribution in [0.3, 0.4) is 0 Å². The molecule has 0 aromatic heterocycles. The fraction of sp³-hybridized carbons (Fsp3) is 0.581. The molecule has 0 saturated heterocycles. The summed E-state index contributed by atoms with van der Waals surface area (Å²) in [6.45, 7) is 6.41. The topological polar surface area (TPSA) is 97.2 Å². The van der Waals surface area contributed by atoms with Gasteiger partial charge in [-0.25, -0.2) is 4.79 Å². The first kappa shape index (κ1) is 26.7. The van der Waals surface area contributed by atoms with Crippen LogP contribution in [0, 0.1) is 28.6 Å². The van der Waals surface area contributed by atoms with E-state index in [1.807, 2.05) is 19.1 Å². The van der Waals surface area contributed by atoms with E-state index >= 15 is 0 Å². The number of hydrogen-bond donors (Lipinski definition) is 2. The molecule has 0 heterocycles. The van der Waals surface area contributed by atoms with Crippen LogP contribution in [-0.4, -0.2) is 42.0 Å². The Morgan fingerprint density at radius 3 is 2.58 bits per heavy atom. The van der Waals surface area contributed by atoms with E-state index in [-0.39, 0.29) is 17.4 Å². The van der Waals surface area contributed by atoms with Gasteiger partial charge in [0.05, 0.1) is 12.7 Å². The Hall–Kier alpha value is -2.93. The number of aliphatic hydroxyl groups is 1. The van der Waals surface area contributed by atoms with Gasteiger partial charge in [-0.2, -0.15) is 0 Å². The van der Waals surface area contributed by atoms with Crippen molar-refractivity contribution in [3.05, 3.63) is 59.7 Å². The van der Waals surface area contributed by atoms with Gasteiger partial charge in [0.25, 0.3) is 5.91 Å². The molecule has 0 aliphatic heterocycles. The average molecular weight is 521 g/mol. The molecule has 0 spiro atoms. The highest BCUT2D eigenvalue weighted by atomic mass is 16.6. The number of carbonyl (C=O) groups is 2. The molecule has 38 heavy (non-hydrogen) atoms. The zero-order valence-corrected chi connectivity index (χ0v) is 22.9. The third-order valence-corrected chi connectivity index (χ3v) is 10.4. The number of esters is 1. The summed E-state index contributed by atoms with van der Waals surface area (Å²) < 4.78 is 4.85. The summed E-state index contributed by atoms with van der Waals surface area (Å²) in [6, 6.07) is 8.05. The van der Waals surface area contributed by atoms with Crippen LogP contribution in [0.5, 0.6) is 0 Å². The lowest BCUT2D eigenvalue weighted by molar-refractivity contribution is -0.145. The van der Waals surface area contributed by atoms with Gasteiger partial charge in [0.2, 0.25) is 0 Å². The minimum absolute atomic E-state index is 0.0124. The standard InChI is InChI=1S/C31H40N2O5/c1-29-15-12-22(33-38-19-26(34)32-27(28(35)37-4)20-8-6-5-7-9-20)18-21(29)10-11-23-24(29)13-16-30(2)25(23)14-17-31(30,3)36/h5-9,12,15,18,23-25,27,36H,10-11,13-14,16-17,19H2,1-4H3,(H,32,34)/b33-22+/t23?,24?,25?,27?,29-,30-,31-/m0/s1. The number of carbonyl (C=O) groups excluding carboxylic acids is 2. The number of benzene rings is 1. The van der Waals surface area contributed by atoms with Crippen molar-refractivity contribution in [1.82, 2.24) is 5.32 Å². The number of methoxy groups -OCH3 is 1. The molecule has 4 aliphatic carbocycles. The molecule has 2 N–H and O–H groups in total. The second-order valence-corrected chi connectivity index (χ2v) is 12.2. The highest BCUT2D eigenvalue weighted by Gasteiger charge is 2.61. The number of amides is 1. The molecule has 0 bridgehead atoms. The fourth-order valence-electron chi connectivity index (χ4n) is 7.92. The Labute approximate surface area is 225 Å². The smallest absolute Gasteiger partial charge is 0.333 e. The summed E-state index contributed by atoms with van der Waals surface area (Å²) in [4.78, 5) is 30.1. The van der Waals surface area contributed by atoms with Gasteiger partial charge in [-0.15, -0.1) is 0 Å². The summed E-state index contributed by atoms with van der Waals surface area (Å²) in [6.07, 6.45) is 12.8. The van der Waals surface area contributed by atoms with Crippen LogP contribution in [0.1, 0.15) is 70.9 Å². The molecule has 3 fully saturated rings. The van der Waals surface area contributed by atoms with Crippen LogP contribution in [0.2, 0.25) is 0 Å². The van der Waals surface area contributed by atoms with Crippen molar-refractivity contribution < 1.29 is 24.3 Å². The highest BCUT2D eigenvalue weighted by Crippen LogP contribution is 2.66. The van der Waals surface area contributed by atoms with Gasteiger partial charge >= 0.3 is 5.97 Å². The quantitative estimate of drug-likeness (QED) is 0.412. The molecule has 7 heteroatoms. The van der Waals surface area contributed by atoms with Gasteiger partial charge in [-0.05, 0) is 86.3 Å². The number of rotatable bonds is 6. The van der Waals surface area contributed by atoms with Gasteiger partial charge in [0, 0.05) is 5.41 Å². The van der Waals surface area contributed by atoms with Gasteiger partial charge in [0.1, 0.15) is 5.71 Å². The monoisotopic (exact) mass is 520 g/mol. The molecular formula is C31H40N2O5. The lowest BCUT2D eigenvalue weighted by Gasteiger charge is -2.58. The highest BCUT2D eigenvalue weighted by molar-refractivity contribution is 6.05. The molecular weight excluding hydrogens is 480 g/mol. The van der Waals surface area contributed by atoms with Gasteiger partial charge in [-0.3, -0.25) is 4.79 Å². The predicted octanol–water partition coefficient (Wildman–Crippen LogP) is 4.88. The van der Waals surface area contributed by atoms with Crippen molar-refractivity contribution in [3.63, 3.8) is 0 Å². The summed E-state index contributed by atoms with van der Waals surface area (Å²) >= 11 is 0. The van der Waals surface area contributed by atoms with E-state index in [1.165, 1.54) is 12.7 Å². The van der Waals surface area contributed by atoms with E-state index in [2.05, 4.69) is 36.5 Å². The van der Waals surface area contributed by atoms with Crippen LogP contribution in [0.4, 0.5) is 0 Å². The maximum Gasteiger partial charge on any atom is 0.333 e. The fourth-order valence-corrected chi connectivity index (χ4v) is 7.92. The summed E-state index contributed by atoms with van der Waals surface area (Å²) in [5.74, 6) is 0.760. The summed E-state index contributed by atoms with van der Waals surface area (Å²) in [5.41, 5.74) is 2.13. The van der Waals surface area contributed by atoms with E-state index in [4.69, 9.17) is 9.57 Å². The van der Waals surface area contributed by atoms with Gasteiger partial charge < -0.3 is 20.0 Å². The first-order valence-corrected chi connectivity index (χ1v) is 13.8. The minimum Gasteiger partial charge on any atom is -0.467 e. The Morgan fingerprint density at radius 1 is 1.11 bits per heavy atom. The van der Waals surface area contributed by atoms with Crippen molar-refractivity contribution in [2.24, 2.45) is 33.7 Å². The molecule has 4 aliphatic rings. The van der Waals surface area contributed by atoms with Crippen molar-refractivity contribution in [1.29, 1.82) is 0 Å². The number of ether oxygens (including phenoxy) is 1. The SMILES string of the molecule is COC(=O)C(NC(=O)CO/N=C1\C=C[C@@]2(C)C(=C1)CCC1C2CC[C@@]2(C)C1CC[C@]2(C)O)c1ccccc1. The average Bonchev–Trinajstić information content (AvgIpc) is 3.16. The molecule has 3 saturated carbocycles. The Morgan fingerprint density at radius 2 is 1.84 bits per heavy atom. The first-order chi connectivity index (χ1) is 18.1. The van der Waals surface area contributed by atoms with Crippen LogP contribution in [0.15, 0.2) is 59.3 Å². The zero-order chi connectivity index (χ0) is 27.1. The third-order valence-electron chi connectivity index (χ3n) is 10.4. The number of nitrogens with zero attached hydrogens (tertiary/aromatic N) is 1. The van der Waals surface area contributed by atoms with Crippen LogP contribution in [-0.2, 0) is 19.2 Å². The van der Waals surface area contributed by atoms with Crippen LogP contribution < -0.4 is 5.32 Å². The normalized spacial score (nSPS) is 37.3. The molecule has 1 aromatic carbocycles. The van der Waals surface area contributed by atoms with Crippen molar-refractivity contribution in [3.8, 4) is 0 Å². The van der Waals surface area contributed by atoms with E-state index in [0.717, 1.165) is 38.5 Å². The van der Waals surface area contributed by atoms with Crippen molar-refractivity contribution in [2.75, 3.05) is 13.7 Å². The zero-order valence-electron chi connectivity index (χ0n) is 22.9. The van der Waals surface area contributed by atoms with Gasteiger partial charge in [0.15, 0.2) is 12.6 Å². The number of oxime groups is 1.